The van der Waals surface area contributed by atoms with Crippen molar-refractivity contribution in [3.63, 3.8) is 0 Å². The van der Waals surface area contributed by atoms with Crippen LogP contribution in [0, 0.1) is 18.3 Å². The van der Waals surface area contributed by atoms with Crippen LogP contribution >= 0.6 is 0 Å². The van der Waals surface area contributed by atoms with Crippen molar-refractivity contribution in [3.05, 3.63) is 41.8 Å². The van der Waals surface area contributed by atoms with Gasteiger partial charge in [-0.2, -0.15) is 5.26 Å². The summed E-state index contributed by atoms with van der Waals surface area (Å²) in [5.74, 6) is 0.596. The molecule has 0 aliphatic carbocycles. The first kappa shape index (κ1) is 13.8. The molecular weight excluding hydrogens is 262 g/mol. The summed E-state index contributed by atoms with van der Waals surface area (Å²) in [5.41, 5.74) is 2.43. The zero-order valence-electron chi connectivity index (χ0n) is 12.5. The van der Waals surface area contributed by atoms with Crippen LogP contribution in [-0.4, -0.2) is 30.0 Å². The second-order valence-corrected chi connectivity index (χ2v) is 5.90. The number of benzene rings is 1. The smallest absolute Gasteiger partial charge is 0.226 e. The Bertz CT molecular complexity index is 658. The molecule has 2 heterocycles. The minimum Gasteiger partial charge on any atom is -0.444 e. The zero-order chi connectivity index (χ0) is 14.9. The largest absolute Gasteiger partial charge is 0.444 e. The standard InChI is InChI=1S/C17H19N3O/c1-13-3-5-14(6-4-13)16-19-15(11-21-16)17(12-18)7-9-20(2)10-8-17/h3-6,11H,7-10H2,1-2H3. The Kier molecular flexibility index (Phi) is 3.52. The average Bonchev–Trinajstić information content (AvgIpc) is 3.00. The fourth-order valence-electron chi connectivity index (χ4n) is 2.75. The highest BCUT2D eigenvalue weighted by molar-refractivity contribution is 5.54. The van der Waals surface area contributed by atoms with Crippen LogP contribution in [0.4, 0.5) is 0 Å². The van der Waals surface area contributed by atoms with Crippen molar-refractivity contribution >= 4 is 0 Å². The quantitative estimate of drug-likeness (QED) is 0.848. The van der Waals surface area contributed by atoms with Gasteiger partial charge in [-0.1, -0.05) is 17.7 Å². The number of aromatic nitrogens is 1. The molecule has 4 nitrogen and oxygen atoms in total. The third-order valence-electron chi connectivity index (χ3n) is 4.35. The fourth-order valence-corrected chi connectivity index (χ4v) is 2.75. The molecule has 1 fully saturated rings. The molecule has 1 aliphatic heterocycles. The van der Waals surface area contributed by atoms with Gasteiger partial charge >= 0.3 is 0 Å². The molecule has 1 saturated heterocycles. The number of aryl methyl sites for hydroxylation is 1. The summed E-state index contributed by atoms with van der Waals surface area (Å²) in [6, 6.07) is 10.5. The number of piperidine rings is 1. The van der Waals surface area contributed by atoms with E-state index in [9.17, 15) is 5.26 Å². The van der Waals surface area contributed by atoms with Crippen LogP contribution in [0.1, 0.15) is 24.1 Å². The second kappa shape index (κ2) is 5.34. The second-order valence-electron chi connectivity index (χ2n) is 5.90. The summed E-state index contributed by atoms with van der Waals surface area (Å²) in [6.07, 6.45) is 3.27. The molecule has 0 amide bonds. The molecule has 1 aromatic heterocycles. The number of rotatable bonds is 2. The Morgan fingerprint density at radius 3 is 2.52 bits per heavy atom. The molecule has 0 atom stereocenters. The number of hydrogen-bond acceptors (Lipinski definition) is 4. The molecule has 21 heavy (non-hydrogen) atoms. The van der Waals surface area contributed by atoms with Gasteiger partial charge in [-0.05, 0) is 52.0 Å². The van der Waals surface area contributed by atoms with Crippen molar-refractivity contribution in [2.45, 2.75) is 25.2 Å². The molecule has 4 heteroatoms. The van der Waals surface area contributed by atoms with E-state index >= 15 is 0 Å². The number of oxazole rings is 1. The maximum atomic E-state index is 9.65. The molecule has 0 N–H and O–H groups in total. The molecule has 1 aromatic carbocycles. The molecule has 108 valence electrons. The first-order valence-electron chi connectivity index (χ1n) is 7.26. The first-order valence-corrected chi connectivity index (χ1v) is 7.26. The van der Waals surface area contributed by atoms with Crippen LogP contribution in [0.2, 0.25) is 0 Å². The van der Waals surface area contributed by atoms with Gasteiger partial charge < -0.3 is 9.32 Å². The maximum Gasteiger partial charge on any atom is 0.226 e. The normalized spacial score (nSPS) is 18.3. The van der Waals surface area contributed by atoms with Crippen LogP contribution in [0.5, 0.6) is 0 Å². The molecule has 0 radical (unpaired) electrons. The highest BCUT2D eigenvalue weighted by atomic mass is 16.3. The maximum absolute atomic E-state index is 9.65. The molecule has 0 bridgehead atoms. The van der Waals surface area contributed by atoms with Gasteiger partial charge in [0.2, 0.25) is 5.89 Å². The van der Waals surface area contributed by atoms with Crippen LogP contribution in [-0.2, 0) is 5.41 Å². The average molecular weight is 281 g/mol. The predicted octanol–water partition coefficient (Wildman–Crippen LogP) is 3.14. The van der Waals surface area contributed by atoms with E-state index in [2.05, 4.69) is 23.0 Å². The third kappa shape index (κ3) is 2.57. The fraction of sp³-hybridized carbons (Fsp3) is 0.412. The summed E-state index contributed by atoms with van der Waals surface area (Å²) in [7, 11) is 2.09. The van der Waals surface area contributed by atoms with Crippen molar-refractivity contribution in [2.24, 2.45) is 0 Å². The molecule has 0 spiro atoms. The van der Waals surface area contributed by atoms with E-state index in [1.54, 1.807) is 6.26 Å². The van der Waals surface area contributed by atoms with E-state index < -0.39 is 5.41 Å². The molecule has 2 aromatic rings. The zero-order valence-corrected chi connectivity index (χ0v) is 12.5. The minimum atomic E-state index is -0.501. The summed E-state index contributed by atoms with van der Waals surface area (Å²) >= 11 is 0. The monoisotopic (exact) mass is 281 g/mol. The van der Waals surface area contributed by atoms with Crippen molar-refractivity contribution in [3.8, 4) is 17.5 Å². The Hall–Kier alpha value is -2.12. The third-order valence-corrected chi connectivity index (χ3v) is 4.35. The van der Waals surface area contributed by atoms with Gasteiger partial charge in [-0.25, -0.2) is 4.98 Å². The highest BCUT2D eigenvalue weighted by Crippen LogP contribution is 2.35. The minimum absolute atomic E-state index is 0.501. The summed E-state index contributed by atoms with van der Waals surface area (Å²) in [4.78, 5) is 6.84. The van der Waals surface area contributed by atoms with Crippen LogP contribution in [0.3, 0.4) is 0 Å². The number of nitrogens with zero attached hydrogens (tertiary/aromatic N) is 3. The van der Waals surface area contributed by atoms with E-state index in [4.69, 9.17) is 4.42 Å². The number of nitriles is 1. The highest BCUT2D eigenvalue weighted by Gasteiger charge is 2.38. The van der Waals surface area contributed by atoms with Gasteiger partial charge in [0.25, 0.3) is 0 Å². The Labute approximate surface area is 125 Å². The lowest BCUT2D eigenvalue weighted by Gasteiger charge is -2.33. The molecule has 1 aliphatic rings. The van der Waals surface area contributed by atoms with Crippen LogP contribution in [0.15, 0.2) is 34.9 Å². The topological polar surface area (TPSA) is 53.1 Å². The lowest BCUT2D eigenvalue weighted by Crippen LogP contribution is -2.40. The first-order chi connectivity index (χ1) is 10.1. The van der Waals surface area contributed by atoms with E-state index in [-0.39, 0.29) is 0 Å². The van der Waals surface area contributed by atoms with Crippen LogP contribution < -0.4 is 0 Å². The van der Waals surface area contributed by atoms with E-state index in [0.29, 0.717) is 5.89 Å². The lowest BCUT2D eigenvalue weighted by molar-refractivity contribution is 0.219. The molecule has 3 rings (SSSR count). The van der Waals surface area contributed by atoms with Crippen LogP contribution in [0.25, 0.3) is 11.5 Å². The van der Waals surface area contributed by atoms with Gasteiger partial charge in [0.05, 0.1) is 11.8 Å². The van der Waals surface area contributed by atoms with Gasteiger partial charge in [-0.3, -0.25) is 0 Å². The Balaban J connectivity index is 1.90. The predicted molar refractivity (Wildman–Crippen MR) is 80.7 cm³/mol. The van der Waals surface area contributed by atoms with E-state index in [1.165, 1.54) is 5.56 Å². The van der Waals surface area contributed by atoms with Gasteiger partial charge in [0, 0.05) is 5.56 Å². The van der Waals surface area contributed by atoms with E-state index in [1.807, 2.05) is 31.2 Å². The molecule has 0 saturated carbocycles. The summed E-state index contributed by atoms with van der Waals surface area (Å²) in [6.45, 7) is 3.88. The van der Waals surface area contributed by atoms with Crippen molar-refractivity contribution in [2.75, 3.05) is 20.1 Å². The van der Waals surface area contributed by atoms with Gasteiger partial charge in [-0.15, -0.1) is 0 Å². The number of likely N-dealkylation sites (tertiary alicyclic amines) is 1. The molecule has 0 unspecified atom stereocenters. The Morgan fingerprint density at radius 1 is 1.24 bits per heavy atom. The summed E-state index contributed by atoms with van der Waals surface area (Å²) < 4.78 is 5.62. The van der Waals surface area contributed by atoms with Crippen molar-refractivity contribution in [1.82, 2.24) is 9.88 Å². The SMILES string of the molecule is Cc1ccc(-c2nc(C3(C#N)CCN(C)CC3)co2)cc1. The summed E-state index contributed by atoms with van der Waals surface area (Å²) in [5, 5.41) is 9.65. The van der Waals surface area contributed by atoms with Gasteiger partial charge in [0.1, 0.15) is 11.7 Å². The molecular formula is C17H19N3O. The lowest BCUT2D eigenvalue weighted by atomic mass is 9.77. The Morgan fingerprint density at radius 2 is 1.90 bits per heavy atom. The van der Waals surface area contributed by atoms with E-state index in [0.717, 1.165) is 37.2 Å². The number of hydrogen-bond donors (Lipinski definition) is 0. The van der Waals surface area contributed by atoms with Gasteiger partial charge in [0.15, 0.2) is 0 Å². The van der Waals surface area contributed by atoms with Crippen molar-refractivity contribution < 1.29 is 4.42 Å². The van der Waals surface area contributed by atoms with Crippen molar-refractivity contribution in [1.29, 1.82) is 5.26 Å².